The Hall–Kier alpha value is 1.41. The maximum Gasteiger partial charge on any atom is 0.132 e. The molecule has 0 N–H and O–H groups in total. The Morgan fingerprint density at radius 1 is 0.750 bits per heavy atom. The van der Waals surface area contributed by atoms with Crippen molar-refractivity contribution in [2.45, 2.75) is 72.6 Å². The number of halogens is 3. The van der Waals surface area contributed by atoms with Crippen LogP contribution in [0.2, 0.25) is 13.3 Å². The minimum atomic E-state index is -2.26. The van der Waals surface area contributed by atoms with Crippen molar-refractivity contribution in [1.29, 1.82) is 0 Å². The van der Waals surface area contributed by atoms with E-state index in [1.165, 1.54) is 59.2 Å². The second kappa shape index (κ2) is 14.5. The van der Waals surface area contributed by atoms with Crippen LogP contribution in [0.25, 0.3) is 0 Å². The third-order valence-electron chi connectivity index (χ3n) is 5.25. The van der Waals surface area contributed by atoms with Gasteiger partial charge < -0.3 is 4.57 Å². The van der Waals surface area contributed by atoms with Gasteiger partial charge in [0.1, 0.15) is 7.40 Å². The maximum absolute atomic E-state index is 4.61. The standard InChI is InChI=1S/C4H4I2N2.C4H4IN2.3C4H9.Sn/c1-8-2-7-3(5)4(8)6;1-7-2-4(5)6-3-7;3*1-3-4-2;/h2H,1H3;3H,1H3;3*1,3-4H2,2H3;. The fourth-order valence-electron chi connectivity index (χ4n) is 3.66. The van der Waals surface area contributed by atoms with Crippen molar-refractivity contribution in [3.63, 3.8) is 0 Å². The SMILES string of the molecule is CCC[CH2][Sn]([CH2]CCC)([CH2]CCC)[c]1c(I)ncn1C.Cn1cnc(I)c1I. The Bertz CT molecular complexity index is 639. The van der Waals surface area contributed by atoms with Crippen molar-refractivity contribution in [1.82, 2.24) is 19.1 Å². The summed E-state index contributed by atoms with van der Waals surface area (Å²) in [4.78, 5) is 8.67. The van der Waals surface area contributed by atoms with E-state index in [-0.39, 0.29) is 0 Å². The molecule has 8 heteroatoms. The number of hydrogen-bond acceptors (Lipinski definition) is 2. The molecule has 0 saturated carbocycles. The predicted molar refractivity (Wildman–Crippen MR) is 149 cm³/mol. The Balaban J connectivity index is 0.000000406. The fraction of sp³-hybridized carbons (Fsp3) is 0.700. The summed E-state index contributed by atoms with van der Waals surface area (Å²) in [5, 5.41) is 0. The molecule has 0 aliphatic carbocycles. The van der Waals surface area contributed by atoms with Crippen molar-refractivity contribution < 1.29 is 0 Å². The van der Waals surface area contributed by atoms with Gasteiger partial charge in [-0.05, 0) is 45.2 Å². The van der Waals surface area contributed by atoms with Gasteiger partial charge in [0, 0.05) is 7.05 Å². The minimum Gasteiger partial charge on any atom is -0.328 e. The normalized spacial score (nSPS) is 11.4. The molecule has 160 valence electrons. The van der Waals surface area contributed by atoms with Crippen LogP contribution >= 0.6 is 67.8 Å². The first-order chi connectivity index (χ1) is 13.3. The summed E-state index contributed by atoms with van der Waals surface area (Å²) in [6.07, 6.45) is 12.1. The maximum atomic E-state index is 4.61. The monoisotopic (exact) mass is 832 g/mol. The van der Waals surface area contributed by atoms with E-state index in [1.54, 1.807) is 3.71 Å². The Morgan fingerprint density at radius 3 is 1.43 bits per heavy atom. The van der Waals surface area contributed by atoms with Crippen molar-refractivity contribution in [2.75, 3.05) is 0 Å². The molecule has 0 aromatic carbocycles. The second-order valence-corrected chi connectivity index (χ2v) is 23.5. The van der Waals surface area contributed by atoms with Crippen molar-refractivity contribution in [2.24, 2.45) is 14.1 Å². The molecule has 2 heterocycles. The van der Waals surface area contributed by atoms with Crippen LogP contribution in [0.1, 0.15) is 59.3 Å². The van der Waals surface area contributed by atoms with E-state index in [1.807, 2.05) is 24.3 Å². The molecular formula is C20H35I3N4Sn. The largest absolute Gasteiger partial charge is 0.328 e. The van der Waals surface area contributed by atoms with Gasteiger partial charge in [-0.25, -0.2) is 4.98 Å². The number of aromatic nitrogens is 4. The number of rotatable bonds is 10. The van der Waals surface area contributed by atoms with E-state index in [0.717, 1.165) is 3.70 Å². The van der Waals surface area contributed by atoms with E-state index in [9.17, 15) is 0 Å². The van der Waals surface area contributed by atoms with Gasteiger partial charge in [0.15, 0.2) is 0 Å². The van der Waals surface area contributed by atoms with Crippen molar-refractivity contribution in [3.05, 3.63) is 23.8 Å². The van der Waals surface area contributed by atoms with Crippen LogP contribution in [0, 0.1) is 11.1 Å². The smallest absolute Gasteiger partial charge is 0.132 e. The van der Waals surface area contributed by atoms with Crippen LogP contribution in [-0.4, -0.2) is 37.5 Å². The van der Waals surface area contributed by atoms with Gasteiger partial charge in [0.25, 0.3) is 0 Å². The number of nitrogens with zero attached hydrogens (tertiary/aromatic N) is 4. The summed E-state index contributed by atoms with van der Waals surface area (Å²) < 4.78 is 14.2. The first kappa shape index (κ1) is 27.4. The molecule has 2 rings (SSSR count). The Labute approximate surface area is 216 Å². The molecule has 0 aliphatic heterocycles. The molecule has 0 radical (unpaired) electrons. The summed E-state index contributed by atoms with van der Waals surface area (Å²) in [6, 6.07) is 0. The average Bonchev–Trinajstić information content (AvgIpc) is 3.18. The summed E-state index contributed by atoms with van der Waals surface area (Å²) >= 11 is 4.68. The first-order valence-corrected chi connectivity index (χ1v) is 21.0. The third-order valence-corrected chi connectivity index (χ3v) is 26.4. The molecule has 0 unspecified atom stereocenters. The number of unbranched alkanes of at least 4 members (excludes halogenated alkanes) is 3. The molecule has 2 aromatic rings. The van der Waals surface area contributed by atoms with Crippen LogP contribution in [0.4, 0.5) is 0 Å². The molecule has 0 saturated heterocycles. The molecule has 0 spiro atoms. The number of hydrogen-bond donors (Lipinski definition) is 0. The van der Waals surface area contributed by atoms with E-state index in [2.05, 4.69) is 110 Å². The van der Waals surface area contributed by atoms with E-state index in [4.69, 9.17) is 0 Å². The van der Waals surface area contributed by atoms with Gasteiger partial charge in [0.2, 0.25) is 0 Å². The van der Waals surface area contributed by atoms with Crippen LogP contribution in [0.5, 0.6) is 0 Å². The quantitative estimate of drug-likeness (QED) is 0.197. The van der Waals surface area contributed by atoms with Gasteiger partial charge >= 0.3 is 144 Å². The van der Waals surface area contributed by atoms with Gasteiger partial charge in [0.05, 0.1) is 6.33 Å². The molecule has 28 heavy (non-hydrogen) atoms. The first-order valence-electron chi connectivity index (χ1n) is 10.3. The zero-order valence-corrected chi connectivity index (χ0v) is 27.3. The Morgan fingerprint density at radius 2 is 1.18 bits per heavy atom. The van der Waals surface area contributed by atoms with Gasteiger partial charge in [-0.3, -0.25) is 0 Å². The van der Waals surface area contributed by atoms with Crippen LogP contribution in [0.15, 0.2) is 12.7 Å². The van der Waals surface area contributed by atoms with Gasteiger partial charge in [-0.1, -0.05) is 0 Å². The van der Waals surface area contributed by atoms with E-state index in [0.29, 0.717) is 0 Å². The summed E-state index contributed by atoms with van der Waals surface area (Å²) in [5.41, 5.74) is 0. The van der Waals surface area contributed by atoms with Gasteiger partial charge in [-0.15, -0.1) is 0 Å². The zero-order chi connectivity index (χ0) is 21.2. The van der Waals surface area contributed by atoms with E-state index < -0.39 is 18.4 Å². The number of imidazole rings is 2. The van der Waals surface area contributed by atoms with Gasteiger partial charge in [-0.2, -0.15) is 0 Å². The summed E-state index contributed by atoms with van der Waals surface area (Å²) in [7, 11) is 4.21. The fourth-order valence-corrected chi connectivity index (χ4v) is 25.5. The molecule has 2 aromatic heterocycles. The third kappa shape index (κ3) is 8.16. The molecule has 0 bridgehead atoms. The van der Waals surface area contributed by atoms with Crippen LogP contribution in [-0.2, 0) is 14.1 Å². The Kier molecular flexibility index (Phi) is 14.2. The topological polar surface area (TPSA) is 35.6 Å². The van der Waals surface area contributed by atoms with Crippen LogP contribution < -0.4 is 3.71 Å². The summed E-state index contributed by atoms with van der Waals surface area (Å²) in [6.45, 7) is 7.01. The molecular weight excluding hydrogens is 796 g/mol. The van der Waals surface area contributed by atoms with Crippen molar-refractivity contribution >= 4 is 89.9 Å². The second-order valence-electron chi connectivity index (χ2n) is 7.52. The van der Waals surface area contributed by atoms with Crippen LogP contribution in [0.3, 0.4) is 0 Å². The average molecular weight is 831 g/mol. The molecule has 0 fully saturated rings. The zero-order valence-electron chi connectivity index (χ0n) is 17.9. The van der Waals surface area contributed by atoms with E-state index >= 15 is 0 Å². The molecule has 4 nitrogen and oxygen atoms in total. The minimum absolute atomic E-state index is 1.07. The predicted octanol–water partition coefficient (Wildman–Crippen LogP) is 6.71. The molecule has 0 amide bonds. The number of aryl methyl sites for hydroxylation is 2. The molecule has 0 aliphatic rings. The molecule has 0 atom stereocenters. The summed E-state index contributed by atoms with van der Waals surface area (Å²) in [5.74, 6) is 0. The van der Waals surface area contributed by atoms with Crippen molar-refractivity contribution in [3.8, 4) is 0 Å².